The minimum Gasteiger partial charge on any atom is -0.375 e. The molecular formula is C24H34N4O2. The van der Waals surface area contributed by atoms with E-state index in [1.807, 2.05) is 30.3 Å². The van der Waals surface area contributed by atoms with Gasteiger partial charge in [0.05, 0.1) is 6.10 Å². The quantitative estimate of drug-likeness (QED) is 0.592. The van der Waals surface area contributed by atoms with Crippen molar-refractivity contribution in [1.29, 1.82) is 0 Å². The third-order valence-corrected chi connectivity index (χ3v) is 5.55. The fraction of sp³-hybridized carbons (Fsp3) is 0.458. The Labute approximate surface area is 180 Å². The van der Waals surface area contributed by atoms with Gasteiger partial charge in [0.15, 0.2) is 0 Å². The lowest BCUT2D eigenvalue weighted by molar-refractivity contribution is 0.104. The first-order chi connectivity index (χ1) is 14.7. The number of amides is 2. The van der Waals surface area contributed by atoms with Crippen LogP contribution in [-0.2, 0) is 11.3 Å². The van der Waals surface area contributed by atoms with E-state index in [-0.39, 0.29) is 12.1 Å². The molecule has 0 aliphatic carbocycles. The number of carbonyl (C=O) groups excluding carboxylic acids is 1. The van der Waals surface area contributed by atoms with Crippen LogP contribution >= 0.6 is 0 Å². The molecule has 2 aromatic rings. The number of benzene rings is 2. The van der Waals surface area contributed by atoms with Crippen LogP contribution < -0.4 is 10.6 Å². The molecule has 0 bridgehead atoms. The van der Waals surface area contributed by atoms with Crippen LogP contribution in [0.15, 0.2) is 60.7 Å². The Bertz CT molecular complexity index is 733. The highest BCUT2D eigenvalue weighted by atomic mass is 16.5. The summed E-state index contributed by atoms with van der Waals surface area (Å²) in [5.41, 5.74) is 2.44. The zero-order valence-corrected chi connectivity index (χ0v) is 17.9. The predicted molar refractivity (Wildman–Crippen MR) is 120 cm³/mol. The number of urea groups is 1. The maximum atomic E-state index is 12.1. The molecule has 30 heavy (non-hydrogen) atoms. The van der Waals surface area contributed by atoms with E-state index in [2.05, 4.69) is 50.8 Å². The van der Waals surface area contributed by atoms with Gasteiger partial charge in [-0.05, 0) is 24.1 Å². The average Bonchev–Trinajstić information content (AvgIpc) is 2.80. The highest BCUT2D eigenvalue weighted by Gasteiger charge is 2.16. The molecule has 162 valence electrons. The Morgan fingerprint density at radius 1 is 0.933 bits per heavy atom. The first-order valence-corrected chi connectivity index (χ1v) is 10.8. The molecule has 0 spiro atoms. The summed E-state index contributed by atoms with van der Waals surface area (Å²) in [6, 6.07) is 20.5. The van der Waals surface area contributed by atoms with Crippen molar-refractivity contribution in [1.82, 2.24) is 20.4 Å². The van der Waals surface area contributed by atoms with E-state index in [0.717, 1.165) is 51.3 Å². The van der Waals surface area contributed by atoms with Crippen molar-refractivity contribution >= 4 is 6.03 Å². The van der Waals surface area contributed by atoms with Crippen LogP contribution in [0.5, 0.6) is 0 Å². The van der Waals surface area contributed by atoms with Crippen LogP contribution in [0.25, 0.3) is 0 Å². The van der Waals surface area contributed by atoms with Crippen LogP contribution in [0.4, 0.5) is 4.79 Å². The zero-order chi connectivity index (χ0) is 21.0. The first-order valence-electron chi connectivity index (χ1n) is 10.8. The van der Waals surface area contributed by atoms with Gasteiger partial charge < -0.3 is 20.3 Å². The summed E-state index contributed by atoms with van der Waals surface area (Å²) < 4.78 is 5.48. The molecule has 2 aromatic carbocycles. The van der Waals surface area contributed by atoms with Crippen LogP contribution in [0, 0.1) is 0 Å². The number of ether oxygens (including phenoxy) is 1. The number of carbonyl (C=O) groups is 1. The third kappa shape index (κ3) is 7.44. The van der Waals surface area contributed by atoms with Crippen molar-refractivity contribution < 1.29 is 9.53 Å². The summed E-state index contributed by atoms with van der Waals surface area (Å²) in [6.07, 6.45) is 0.822. The van der Waals surface area contributed by atoms with Crippen LogP contribution in [0.1, 0.15) is 23.7 Å². The number of hydrogen-bond donors (Lipinski definition) is 2. The van der Waals surface area contributed by atoms with Gasteiger partial charge >= 0.3 is 6.03 Å². The number of methoxy groups -OCH3 is 1. The highest BCUT2D eigenvalue weighted by Crippen LogP contribution is 2.14. The van der Waals surface area contributed by atoms with Gasteiger partial charge in [-0.1, -0.05) is 60.7 Å². The van der Waals surface area contributed by atoms with E-state index >= 15 is 0 Å². The van der Waals surface area contributed by atoms with Gasteiger partial charge in [0.1, 0.15) is 0 Å². The Morgan fingerprint density at radius 3 is 2.23 bits per heavy atom. The molecule has 1 saturated heterocycles. The molecule has 3 rings (SSSR count). The molecule has 0 aromatic heterocycles. The summed E-state index contributed by atoms with van der Waals surface area (Å²) in [7, 11) is 1.66. The van der Waals surface area contributed by atoms with Gasteiger partial charge in [-0.2, -0.15) is 0 Å². The molecule has 6 nitrogen and oxygen atoms in total. The molecule has 2 amide bonds. The zero-order valence-electron chi connectivity index (χ0n) is 17.9. The molecule has 0 radical (unpaired) electrons. The van der Waals surface area contributed by atoms with Gasteiger partial charge in [0, 0.05) is 52.9 Å². The summed E-state index contributed by atoms with van der Waals surface area (Å²) in [6.45, 7) is 7.56. The maximum Gasteiger partial charge on any atom is 0.314 e. The summed E-state index contributed by atoms with van der Waals surface area (Å²) >= 11 is 0. The van der Waals surface area contributed by atoms with E-state index in [1.165, 1.54) is 5.56 Å². The van der Waals surface area contributed by atoms with Crippen molar-refractivity contribution in [2.24, 2.45) is 0 Å². The second-order valence-electron chi connectivity index (χ2n) is 7.73. The lowest BCUT2D eigenvalue weighted by atomic mass is 10.1. The van der Waals surface area contributed by atoms with E-state index in [9.17, 15) is 4.79 Å². The Kier molecular flexibility index (Phi) is 9.15. The standard InChI is InChI=1S/C24H34N4O2/c1-30-23(22-11-6-3-7-12-22)19-26-24(29)25-13-8-14-27-15-17-28(18-16-27)20-21-9-4-2-5-10-21/h2-7,9-12,23H,8,13-20H2,1H3,(H2,25,26,29). The summed E-state index contributed by atoms with van der Waals surface area (Å²) in [5.74, 6) is 0. The smallest absolute Gasteiger partial charge is 0.314 e. The Morgan fingerprint density at radius 2 is 1.57 bits per heavy atom. The van der Waals surface area contributed by atoms with Gasteiger partial charge in [0.2, 0.25) is 0 Å². The molecule has 1 unspecified atom stereocenters. The third-order valence-electron chi connectivity index (χ3n) is 5.55. The number of nitrogens with one attached hydrogen (secondary N) is 2. The second-order valence-corrected chi connectivity index (χ2v) is 7.73. The van der Waals surface area contributed by atoms with Crippen molar-refractivity contribution in [3.63, 3.8) is 0 Å². The van der Waals surface area contributed by atoms with Crippen molar-refractivity contribution in [3.8, 4) is 0 Å². The van der Waals surface area contributed by atoms with E-state index in [1.54, 1.807) is 7.11 Å². The van der Waals surface area contributed by atoms with Crippen molar-refractivity contribution in [2.75, 3.05) is 52.9 Å². The first kappa shape index (κ1) is 22.3. The lowest BCUT2D eigenvalue weighted by Crippen LogP contribution is -2.46. The number of rotatable bonds is 10. The van der Waals surface area contributed by atoms with Crippen LogP contribution in [0.3, 0.4) is 0 Å². The number of nitrogens with zero attached hydrogens (tertiary/aromatic N) is 2. The Balaban J connectivity index is 1.25. The minimum absolute atomic E-state index is 0.135. The molecule has 1 fully saturated rings. The minimum atomic E-state index is -0.138. The fourth-order valence-electron chi connectivity index (χ4n) is 3.77. The largest absolute Gasteiger partial charge is 0.375 e. The van der Waals surface area contributed by atoms with Gasteiger partial charge in [-0.15, -0.1) is 0 Å². The monoisotopic (exact) mass is 410 g/mol. The predicted octanol–water partition coefficient (Wildman–Crippen LogP) is 2.88. The molecule has 6 heteroatoms. The van der Waals surface area contributed by atoms with Crippen molar-refractivity contribution in [2.45, 2.75) is 19.1 Å². The van der Waals surface area contributed by atoms with Crippen LogP contribution in [-0.4, -0.2) is 68.8 Å². The molecule has 0 saturated carbocycles. The number of piperazine rings is 1. The highest BCUT2D eigenvalue weighted by molar-refractivity contribution is 5.73. The SMILES string of the molecule is COC(CNC(=O)NCCCN1CCN(Cc2ccccc2)CC1)c1ccccc1. The normalized spacial score (nSPS) is 16.2. The molecule has 1 heterocycles. The topological polar surface area (TPSA) is 56.8 Å². The van der Waals surface area contributed by atoms with E-state index in [4.69, 9.17) is 4.74 Å². The summed E-state index contributed by atoms with van der Waals surface area (Å²) in [5, 5.41) is 5.86. The maximum absolute atomic E-state index is 12.1. The average molecular weight is 411 g/mol. The molecule has 1 aliphatic heterocycles. The second kappa shape index (κ2) is 12.3. The lowest BCUT2D eigenvalue weighted by Gasteiger charge is -2.34. The summed E-state index contributed by atoms with van der Waals surface area (Å²) in [4.78, 5) is 17.1. The van der Waals surface area contributed by atoms with Crippen LogP contribution in [0.2, 0.25) is 0 Å². The van der Waals surface area contributed by atoms with E-state index in [0.29, 0.717) is 13.1 Å². The van der Waals surface area contributed by atoms with Crippen molar-refractivity contribution in [3.05, 3.63) is 71.8 Å². The Hall–Kier alpha value is -2.41. The number of hydrogen-bond acceptors (Lipinski definition) is 4. The fourth-order valence-corrected chi connectivity index (χ4v) is 3.77. The molecule has 1 aliphatic rings. The van der Waals surface area contributed by atoms with Gasteiger partial charge in [0.25, 0.3) is 0 Å². The van der Waals surface area contributed by atoms with E-state index < -0.39 is 0 Å². The molecule has 2 N–H and O–H groups in total. The molecular weight excluding hydrogens is 376 g/mol. The van der Waals surface area contributed by atoms with Gasteiger partial charge in [-0.25, -0.2) is 4.79 Å². The van der Waals surface area contributed by atoms with Gasteiger partial charge in [-0.3, -0.25) is 4.90 Å². The molecule has 1 atom stereocenters.